The minimum atomic E-state index is -0.0421. The number of hydrogen-bond donors (Lipinski definition) is 1. The predicted molar refractivity (Wildman–Crippen MR) is 138 cm³/mol. The third-order valence-electron chi connectivity index (χ3n) is 6.41. The number of hydrogen-bond acceptors (Lipinski definition) is 5. The van der Waals surface area contributed by atoms with E-state index >= 15 is 0 Å². The fourth-order valence-electron chi connectivity index (χ4n) is 4.56. The molecule has 3 heterocycles. The molecule has 1 N–H and O–H groups in total. The van der Waals surface area contributed by atoms with E-state index in [0.717, 1.165) is 36.9 Å². The van der Waals surface area contributed by atoms with Gasteiger partial charge < -0.3 is 10.2 Å². The Hall–Kier alpha value is -3.45. The summed E-state index contributed by atoms with van der Waals surface area (Å²) < 4.78 is 2.38. The first-order valence-electron chi connectivity index (χ1n) is 11.8. The Labute approximate surface area is 202 Å². The molecule has 5 rings (SSSR count). The van der Waals surface area contributed by atoms with E-state index in [4.69, 9.17) is 4.98 Å². The highest BCUT2D eigenvalue weighted by Gasteiger charge is 2.28. The van der Waals surface area contributed by atoms with Gasteiger partial charge in [0.2, 0.25) is 11.9 Å². The Balaban J connectivity index is 1.24. The minimum Gasteiger partial charge on any atom is -0.356 e. The fraction of sp³-hybridized carbons (Fsp3) is 0.296. The molecule has 174 valence electrons. The van der Waals surface area contributed by atoms with E-state index in [2.05, 4.69) is 22.3 Å². The summed E-state index contributed by atoms with van der Waals surface area (Å²) in [4.78, 5) is 33.1. The fourth-order valence-corrected chi connectivity index (χ4v) is 5.32. The highest BCUT2D eigenvalue weighted by atomic mass is 32.1. The number of aryl methyl sites for hydroxylation is 1. The van der Waals surface area contributed by atoms with Gasteiger partial charge in [0.25, 0.3) is 5.56 Å². The Morgan fingerprint density at radius 1 is 1.00 bits per heavy atom. The number of rotatable bonds is 7. The molecule has 2 aromatic carbocycles. The van der Waals surface area contributed by atoms with Crippen molar-refractivity contribution in [2.45, 2.75) is 25.7 Å². The molecular formula is C27H28N4O2S. The van der Waals surface area contributed by atoms with E-state index in [1.807, 2.05) is 60.0 Å². The van der Waals surface area contributed by atoms with Crippen molar-refractivity contribution in [2.75, 3.05) is 24.5 Å². The third-order valence-corrected chi connectivity index (χ3v) is 7.30. The Morgan fingerprint density at radius 2 is 1.71 bits per heavy atom. The Bertz CT molecular complexity index is 1310. The number of carbonyl (C=O) groups excluding carboxylic acids is 1. The van der Waals surface area contributed by atoms with Gasteiger partial charge in [0.05, 0.1) is 11.2 Å². The number of fused-ring (bicyclic) bond motifs is 1. The zero-order valence-electron chi connectivity index (χ0n) is 19.0. The molecule has 4 aromatic rings. The molecule has 2 aromatic heterocycles. The van der Waals surface area contributed by atoms with Crippen LogP contribution in [0.15, 0.2) is 76.9 Å². The van der Waals surface area contributed by atoms with Crippen molar-refractivity contribution in [2.24, 2.45) is 5.92 Å². The molecule has 1 aliphatic rings. The molecule has 0 aliphatic carbocycles. The van der Waals surface area contributed by atoms with Crippen molar-refractivity contribution in [3.05, 3.63) is 88.0 Å². The first-order chi connectivity index (χ1) is 16.7. The van der Waals surface area contributed by atoms with Crippen molar-refractivity contribution in [1.82, 2.24) is 14.9 Å². The van der Waals surface area contributed by atoms with Crippen LogP contribution in [-0.4, -0.2) is 35.1 Å². The smallest absolute Gasteiger partial charge is 0.277 e. The summed E-state index contributed by atoms with van der Waals surface area (Å²) in [6.45, 7) is 2.08. The molecule has 34 heavy (non-hydrogen) atoms. The number of aromatic nitrogens is 2. The van der Waals surface area contributed by atoms with E-state index in [9.17, 15) is 9.59 Å². The van der Waals surface area contributed by atoms with Gasteiger partial charge in [-0.3, -0.25) is 9.59 Å². The molecule has 1 amide bonds. The summed E-state index contributed by atoms with van der Waals surface area (Å²) in [7, 11) is 0. The summed E-state index contributed by atoms with van der Waals surface area (Å²) in [5.74, 6) is 0.785. The van der Waals surface area contributed by atoms with Crippen LogP contribution in [0.5, 0.6) is 0 Å². The summed E-state index contributed by atoms with van der Waals surface area (Å²) in [6, 6.07) is 21.9. The molecule has 1 saturated heterocycles. The van der Waals surface area contributed by atoms with Gasteiger partial charge in [-0.05, 0) is 54.8 Å². The molecule has 0 radical (unpaired) electrons. The van der Waals surface area contributed by atoms with Gasteiger partial charge >= 0.3 is 0 Å². The van der Waals surface area contributed by atoms with E-state index in [1.54, 1.807) is 4.57 Å². The maximum absolute atomic E-state index is 13.3. The van der Waals surface area contributed by atoms with Gasteiger partial charge in [-0.2, -0.15) is 0 Å². The molecule has 0 unspecified atom stereocenters. The van der Waals surface area contributed by atoms with Crippen LogP contribution in [0, 0.1) is 5.92 Å². The molecule has 6 nitrogen and oxygen atoms in total. The number of benzene rings is 2. The molecular weight excluding hydrogens is 444 g/mol. The second kappa shape index (κ2) is 10.2. The summed E-state index contributed by atoms with van der Waals surface area (Å²) in [6.07, 6.45) is 3.39. The lowest BCUT2D eigenvalue weighted by atomic mass is 9.96. The predicted octanol–water partition coefficient (Wildman–Crippen LogP) is 4.41. The van der Waals surface area contributed by atoms with Gasteiger partial charge in [0.1, 0.15) is 4.70 Å². The molecule has 7 heteroatoms. The van der Waals surface area contributed by atoms with Crippen LogP contribution in [0.3, 0.4) is 0 Å². The van der Waals surface area contributed by atoms with Crippen LogP contribution < -0.4 is 15.8 Å². The van der Waals surface area contributed by atoms with Crippen LogP contribution in [0.4, 0.5) is 5.95 Å². The normalized spacial score (nSPS) is 14.4. The summed E-state index contributed by atoms with van der Waals surface area (Å²) in [5.41, 5.74) is 2.79. The van der Waals surface area contributed by atoms with Crippen LogP contribution in [0.1, 0.15) is 24.8 Å². The maximum atomic E-state index is 13.3. The van der Waals surface area contributed by atoms with Gasteiger partial charge in [0, 0.05) is 25.6 Å². The Kier molecular flexibility index (Phi) is 6.72. The molecule has 0 saturated carbocycles. The summed E-state index contributed by atoms with van der Waals surface area (Å²) in [5, 5.41) is 5.03. The lowest BCUT2D eigenvalue weighted by Gasteiger charge is -2.33. The summed E-state index contributed by atoms with van der Waals surface area (Å²) >= 11 is 1.42. The van der Waals surface area contributed by atoms with Crippen LogP contribution >= 0.6 is 11.3 Å². The second-order valence-electron chi connectivity index (χ2n) is 8.66. The number of amides is 1. The molecule has 1 fully saturated rings. The molecule has 0 atom stereocenters. The van der Waals surface area contributed by atoms with Gasteiger partial charge in [-0.25, -0.2) is 9.55 Å². The number of nitrogens with zero attached hydrogens (tertiary/aromatic N) is 3. The highest BCUT2D eigenvalue weighted by Crippen LogP contribution is 2.26. The maximum Gasteiger partial charge on any atom is 0.277 e. The first kappa shape index (κ1) is 22.3. The SMILES string of the molecule is O=C(NCCCc1ccccc1)C1CCN(c2nc3ccsc3c(=O)n2-c2ccccc2)CC1. The van der Waals surface area contributed by atoms with E-state index in [-0.39, 0.29) is 17.4 Å². The zero-order valence-corrected chi connectivity index (χ0v) is 19.8. The molecule has 0 spiro atoms. The lowest BCUT2D eigenvalue weighted by Crippen LogP contribution is -2.43. The van der Waals surface area contributed by atoms with E-state index < -0.39 is 0 Å². The standard InChI is InChI=1S/C27H28N4O2S/c32-25(28-16-7-10-20-8-3-1-4-9-20)21-13-17-30(18-14-21)27-29-23-15-19-34-24(23)26(33)31(27)22-11-5-2-6-12-22/h1-6,8-9,11-12,15,19,21H,7,10,13-14,16-18H2,(H,28,32). The second-order valence-corrected chi connectivity index (χ2v) is 9.58. The topological polar surface area (TPSA) is 67.2 Å². The first-order valence-corrected chi connectivity index (χ1v) is 12.7. The van der Waals surface area contributed by atoms with E-state index in [0.29, 0.717) is 30.3 Å². The van der Waals surface area contributed by atoms with Crippen molar-refractivity contribution in [1.29, 1.82) is 0 Å². The van der Waals surface area contributed by atoms with Gasteiger partial charge in [-0.1, -0.05) is 48.5 Å². The zero-order chi connectivity index (χ0) is 23.3. The minimum absolute atomic E-state index is 0.00486. The van der Waals surface area contributed by atoms with E-state index in [1.165, 1.54) is 16.9 Å². The van der Waals surface area contributed by atoms with Crippen molar-refractivity contribution in [3.8, 4) is 5.69 Å². The monoisotopic (exact) mass is 472 g/mol. The third kappa shape index (κ3) is 4.75. The quantitative estimate of drug-likeness (QED) is 0.405. The molecule has 1 aliphatic heterocycles. The Morgan fingerprint density at radius 3 is 2.44 bits per heavy atom. The number of piperidine rings is 1. The number of para-hydroxylation sites is 1. The van der Waals surface area contributed by atoms with Crippen LogP contribution in [0.25, 0.3) is 15.9 Å². The average molecular weight is 473 g/mol. The van der Waals surface area contributed by atoms with Crippen LogP contribution in [-0.2, 0) is 11.2 Å². The number of thiophene rings is 1. The van der Waals surface area contributed by atoms with Gasteiger partial charge in [-0.15, -0.1) is 11.3 Å². The largest absolute Gasteiger partial charge is 0.356 e. The number of nitrogens with one attached hydrogen (secondary N) is 1. The van der Waals surface area contributed by atoms with Crippen molar-refractivity contribution < 1.29 is 4.79 Å². The molecule has 0 bridgehead atoms. The average Bonchev–Trinajstić information content (AvgIpc) is 3.37. The number of anilines is 1. The van der Waals surface area contributed by atoms with Crippen molar-refractivity contribution in [3.63, 3.8) is 0 Å². The van der Waals surface area contributed by atoms with Crippen molar-refractivity contribution >= 4 is 33.4 Å². The van der Waals surface area contributed by atoms with Gasteiger partial charge in [0.15, 0.2) is 0 Å². The highest BCUT2D eigenvalue weighted by molar-refractivity contribution is 7.17. The lowest BCUT2D eigenvalue weighted by molar-refractivity contribution is -0.125. The number of carbonyl (C=O) groups is 1. The van der Waals surface area contributed by atoms with Crippen LogP contribution in [0.2, 0.25) is 0 Å².